The summed E-state index contributed by atoms with van der Waals surface area (Å²) in [5.74, 6) is -1.18. The smallest absolute Gasteiger partial charge is 0.407 e. The maximum absolute atomic E-state index is 13.3. The van der Waals surface area contributed by atoms with E-state index in [1.807, 2.05) is 0 Å². The summed E-state index contributed by atoms with van der Waals surface area (Å²) in [6, 6.07) is 0. The SMILES string of the molecule is CNC(=O)OCC1=C2C(CC(OS(C)(=O)=O)C2OS(C)(=O)=O)C2=CC3=C(C=CC(=O)C3)C(=O)C2=C1. The molecular formula is C22H23NO10S2. The molecular weight excluding hydrogens is 502 g/mol. The van der Waals surface area contributed by atoms with Crippen LogP contribution in [0.5, 0.6) is 0 Å². The van der Waals surface area contributed by atoms with Crippen molar-refractivity contribution in [1.29, 1.82) is 0 Å². The summed E-state index contributed by atoms with van der Waals surface area (Å²) in [4.78, 5) is 37.0. The molecule has 4 rings (SSSR count). The lowest BCUT2D eigenvalue weighted by Crippen LogP contribution is -2.33. The average Bonchev–Trinajstić information content (AvgIpc) is 3.07. The Labute approximate surface area is 202 Å². The minimum absolute atomic E-state index is 0.0189. The molecule has 188 valence electrons. The molecule has 13 heteroatoms. The summed E-state index contributed by atoms with van der Waals surface area (Å²) in [6.07, 6.45) is 4.31. The van der Waals surface area contributed by atoms with E-state index in [0.29, 0.717) is 27.9 Å². The lowest BCUT2D eigenvalue weighted by atomic mass is 9.72. The van der Waals surface area contributed by atoms with Crippen molar-refractivity contribution < 1.29 is 44.3 Å². The van der Waals surface area contributed by atoms with Gasteiger partial charge in [-0.3, -0.25) is 18.0 Å². The molecule has 0 radical (unpaired) electrons. The van der Waals surface area contributed by atoms with Crippen LogP contribution >= 0.6 is 0 Å². The van der Waals surface area contributed by atoms with Crippen molar-refractivity contribution in [3.8, 4) is 0 Å². The van der Waals surface area contributed by atoms with Crippen LogP contribution in [0.25, 0.3) is 0 Å². The highest BCUT2D eigenvalue weighted by molar-refractivity contribution is 7.86. The topological polar surface area (TPSA) is 159 Å². The predicted octanol–water partition coefficient (Wildman–Crippen LogP) is 0.623. The largest absolute Gasteiger partial charge is 0.445 e. The maximum Gasteiger partial charge on any atom is 0.407 e. The van der Waals surface area contributed by atoms with Crippen molar-refractivity contribution in [3.63, 3.8) is 0 Å². The van der Waals surface area contributed by atoms with E-state index >= 15 is 0 Å². The van der Waals surface area contributed by atoms with Crippen LogP contribution in [0.15, 0.2) is 57.7 Å². The molecule has 0 aliphatic heterocycles. The molecule has 0 aromatic carbocycles. The van der Waals surface area contributed by atoms with Crippen molar-refractivity contribution >= 4 is 37.9 Å². The van der Waals surface area contributed by atoms with Gasteiger partial charge in [0.05, 0.1) is 12.5 Å². The monoisotopic (exact) mass is 525 g/mol. The molecule has 11 nitrogen and oxygen atoms in total. The van der Waals surface area contributed by atoms with Gasteiger partial charge >= 0.3 is 6.09 Å². The first kappa shape index (κ1) is 25.2. The van der Waals surface area contributed by atoms with Gasteiger partial charge in [-0.05, 0) is 46.9 Å². The number of hydrogen-bond donors (Lipinski definition) is 1. The van der Waals surface area contributed by atoms with Crippen LogP contribution in [0.4, 0.5) is 4.79 Å². The third-order valence-corrected chi connectivity index (χ3v) is 7.12. The van der Waals surface area contributed by atoms with Crippen LogP contribution in [0.1, 0.15) is 12.8 Å². The second-order valence-electron chi connectivity index (χ2n) is 8.56. The molecule has 1 saturated carbocycles. The number of rotatable bonds is 6. The number of ketones is 2. The molecule has 0 spiro atoms. The lowest BCUT2D eigenvalue weighted by Gasteiger charge is -2.31. The van der Waals surface area contributed by atoms with Crippen molar-refractivity contribution in [2.45, 2.75) is 25.0 Å². The highest BCUT2D eigenvalue weighted by Crippen LogP contribution is 2.50. The van der Waals surface area contributed by atoms with E-state index in [0.717, 1.165) is 12.5 Å². The Morgan fingerprint density at radius 3 is 2.37 bits per heavy atom. The number of Topliss-reactive ketones (excluding diaryl/α,β-unsaturated/α-hetero) is 1. The fourth-order valence-corrected chi connectivity index (χ4v) is 5.98. The Morgan fingerprint density at radius 1 is 1.06 bits per heavy atom. The normalized spacial score (nSPS) is 26.1. The number of carbonyl (C=O) groups is 3. The van der Waals surface area contributed by atoms with Gasteiger partial charge in [-0.15, -0.1) is 0 Å². The van der Waals surface area contributed by atoms with E-state index in [1.54, 1.807) is 6.08 Å². The lowest BCUT2D eigenvalue weighted by molar-refractivity contribution is -0.114. The first-order valence-corrected chi connectivity index (χ1v) is 14.2. The van der Waals surface area contributed by atoms with Gasteiger partial charge in [-0.2, -0.15) is 16.8 Å². The van der Waals surface area contributed by atoms with Gasteiger partial charge in [0.1, 0.15) is 18.8 Å². The van der Waals surface area contributed by atoms with E-state index in [4.69, 9.17) is 13.1 Å². The number of allylic oxidation sites excluding steroid dienone is 7. The van der Waals surface area contributed by atoms with Crippen LogP contribution in [-0.4, -0.2) is 72.9 Å². The number of nitrogens with one attached hydrogen (secondary N) is 1. The van der Waals surface area contributed by atoms with Crippen LogP contribution < -0.4 is 5.32 Å². The molecule has 0 bridgehead atoms. The maximum atomic E-state index is 13.3. The standard InChI is InChI=1S/C22H23NO10S2/c1-23-22(26)31-10-12-8-17-15(7-11-6-13(24)4-5-14(11)20(17)25)16-9-18(32-34(2,27)28)21(19(12)16)33-35(3,29)30/h4-5,7-8,16,18,21H,6,9-10H2,1-3H3,(H,23,26). The first-order chi connectivity index (χ1) is 16.3. The van der Waals surface area contributed by atoms with Gasteiger partial charge in [0.15, 0.2) is 11.6 Å². The number of hydrogen-bond acceptors (Lipinski definition) is 10. The second kappa shape index (κ2) is 8.97. The molecule has 4 aliphatic rings. The number of ether oxygens (including phenoxy) is 1. The second-order valence-corrected chi connectivity index (χ2v) is 11.8. The molecule has 1 N–H and O–H groups in total. The summed E-state index contributed by atoms with van der Waals surface area (Å²) in [6.45, 7) is -0.328. The molecule has 0 aromatic rings. The van der Waals surface area contributed by atoms with Crippen LogP contribution in [0.3, 0.4) is 0 Å². The highest BCUT2D eigenvalue weighted by Gasteiger charge is 2.50. The zero-order valence-electron chi connectivity index (χ0n) is 19.1. The third kappa shape index (κ3) is 5.22. The van der Waals surface area contributed by atoms with Crippen molar-refractivity contribution in [2.24, 2.45) is 5.92 Å². The van der Waals surface area contributed by atoms with Crippen LogP contribution in [0, 0.1) is 5.92 Å². The fourth-order valence-electron chi connectivity index (χ4n) is 4.75. The summed E-state index contributed by atoms with van der Waals surface area (Å²) in [5, 5.41) is 2.30. The van der Waals surface area contributed by atoms with Gasteiger partial charge in [0.2, 0.25) is 0 Å². The zero-order chi connectivity index (χ0) is 25.7. The highest BCUT2D eigenvalue weighted by atomic mass is 32.2. The molecule has 35 heavy (non-hydrogen) atoms. The van der Waals surface area contributed by atoms with Crippen molar-refractivity contribution in [1.82, 2.24) is 5.32 Å². The average molecular weight is 526 g/mol. The van der Waals surface area contributed by atoms with Gasteiger partial charge < -0.3 is 10.1 Å². The molecule has 1 fully saturated rings. The summed E-state index contributed by atoms with van der Waals surface area (Å²) < 4.78 is 63.7. The van der Waals surface area contributed by atoms with E-state index in [1.165, 1.54) is 25.3 Å². The van der Waals surface area contributed by atoms with E-state index < -0.39 is 44.5 Å². The summed E-state index contributed by atoms with van der Waals surface area (Å²) in [7, 11) is -6.72. The first-order valence-electron chi connectivity index (χ1n) is 10.5. The van der Waals surface area contributed by atoms with Crippen molar-refractivity contribution in [2.75, 3.05) is 26.2 Å². The van der Waals surface area contributed by atoms with Gasteiger partial charge in [0, 0.05) is 30.5 Å². The predicted molar refractivity (Wildman–Crippen MR) is 122 cm³/mol. The Hall–Kier alpha value is -2.87. The van der Waals surface area contributed by atoms with E-state index in [-0.39, 0.29) is 36.6 Å². The summed E-state index contributed by atoms with van der Waals surface area (Å²) >= 11 is 0. The molecule has 4 aliphatic carbocycles. The summed E-state index contributed by atoms with van der Waals surface area (Å²) in [5.41, 5.74) is 2.29. The molecule has 0 heterocycles. The number of carbonyl (C=O) groups excluding carboxylic acids is 3. The van der Waals surface area contributed by atoms with Crippen molar-refractivity contribution in [3.05, 3.63) is 57.7 Å². The zero-order valence-corrected chi connectivity index (χ0v) is 20.7. The molecule has 0 saturated heterocycles. The minimum atomic E-state index is -4.07. The molecule has 3 unspecified atom stereocenters. The number of amides is 1. The number of fused-ring (bicyclic) bond motifs is 3. The fraction of sp³-hybridized carbons (Fsp3) is 0.409. The third-order valence-electron chi connectivity index (χ3n) is 5.97. The molecule has 1 amide bonds. The molecule has 3 atom stereocenters. The quantitative estimate of drug-likeness (QED) is 0.487. The Bertz CT molecular complexity index is 1390. The van der Waals surface area contributed by atoms with E-state index in [2.05, 4.69) is 5.32 Å². The van der Waals surface area contributed by atoms with Crippen LogP contribution in [0.2, 0.25) is 0 Å². The number of alkyl carbamates (subject to hydrolysis) is 1. The van der Waals surface area contributed by atoms with Gasteiger partial charge in [0.25, 0.3) is 20.2 Å². The van der Waals surface area contributed by atoms with E-state index in [9.17, 15) is 31.2 Å². The minimum Gasteiger partial charge on any atom is -0.445 e. The molecule has 0 aromatic heterocycles. The Balaban J connectivity index is 1.87. The Kier molecular flexibility index (Phi) is 6.47. The Morgan fingerprint density at radius 2 is 1.74 bits per heavy atom. The van der Waals surface area contributed by atoms with Gasteiger partial charge in [-0.1, -0.05) is 6.08 Å². The van der Waals surface area contributed by atoms with Crippen LogP contribution in [-0.2, 0) is 42.9 Å². The van der Waals surface area contributed by atoms with Gasteiger partial charge in [-0.25, -0.2) is 4.79 Å².